The van der Waals surface area contributed by atoms with Crippen molar-refractivity contribution in [1.82, 2.24) is 25.0 Å². The molecule has 5 heteroatoms. The lowest BCUT2D eigenvalue weighted by molar-refractivity contribution is 0.108. The van der Waals surface area contributed by atoms with Crippen LogP contribution in [0.2, 0.25) is 0 Å². The first-order valence-corrected chi connectivity index (χ1v) is 7.45. The monoisotopic (exact) mass is 265 g/mol. The maximum absolute atomic E-state index is 4.30. The molecule has 19 heavy (non-hydrogen) atoms. The van der Waals surface area contributed by atoms with Gasteiger partial charge < -0.3 is 9.88 Å². The van der Waals surface area contributed by atoms with Gasteiger partial charge in [0, 0.05) is 19.1 Å². The first-order valence-electron chi connectivity index (χ1n) is 7.45. The summed E-state index contributed by atoms with van der Waals surface area (Å²) < 4.78 is 2.10. The molecule has 5 nitrogen and oxygen atoms in total. The molecular weight excluding hydrogens is 238 g/mol. The summed E-state index contributed by atoms with van der Waals surface area (Å²) in [4.78, 5) is 2.57. The maximum Gasteiger partial charge on any atom is 0.146 e. The Hall–Kier alpha value is -0.940. The number of hydrogen-bond donors (Lipinski definition) is 1. The third kappa shape index (κ3) is 3.34. The average molecular weight is 265 g/mol. The number of piperidine rings is 1. The van der Waals surface area contributed by atoms with Gasteiger partial charge in [0.15, 0.2) is 0 Å². The Balaban J connectivity index is 2.05. The van der Waals surface area contributed by atoms with Crippen LogP contribution in [0.5, 0.6) is 0 Å². The molecule has 0 spiro atoms. The quantitative estimate of drug-likeness (QED) is 0.876. The Morgan fingerprint density at radius 2 is 2.16 bits per heavy atom. The zero-order valence-corrected chi connectivity index (χ0v) is 12.7. The van der Waals surface area contributed by atoms with E-state index in [0.29, 0.717) is 12.1 Å². The lowest BCUT2D eigenvalue weighted by Gasteiger charge is -2.39. The van der Waals surface area contributed by atoms with Gasteiger partial charge >= 0.3 is 0 Å². The summed E-state index contributed by atoms with van der Waals surface area (Å²) in [5.41, 5.74) is 0. The second-order valence-electron chi connectivity index (χ2n) is 5.60. The normalized spacial score (nSPS) is 22.6. The fraction of sp³-hybridized carbons (Fsp3) is 0.857. The first kappa shape index (κ1) is 14.5. The summed E-state index contributed by atoms with van der Waals surface area (Å²) in [6.07, 6.45) is 3.92. The van der Waals surface area contributed by atoms with Crippen molar-refractivity contribution in [2.75, 3.05) is 13.1 Å². The van der Waals surface area contributed by atoms with E-state index in [1.165, 1.54) is 25.8 Å². The Kier molecular flexibility index (Phi) is 4.93. The van der Waals surface area contributed by atoms with E-state index in [4.69, 9.17) is 0 Å². The van der Waals surface area contributed by atoms with Crippen LogP contribution in [0.15, 0.2) is 0 Å². The summed E-state index contributed by atoms with van der Waals surface area (Å²) in [5.74, 6) is 2.07. The van der Waals surface area contributed by atoms with Crippen LogP contribution in [0.4, 0.5) is 0 Å². The molecule has 0 radical (unpaired) electrons. The van der Waals surface area contributed by atoms with E-state index < -0.39 is 0 Å². The van der Waals surface area contributed by atoms with Gasteiger partial charge in [0.05, 0.1) is 6.54 Å². The van der Waals surface area contributed by atoms with Crippen molar-refractivity contribution in [1.29, 1.82) is 0 Å². The lowest BCUT2D eigenvalue weighted by atomic mass is 9.96. The van der Waals surface area contributed by atoms with Crippen LogP contribution in [0.25, 0.3) is 0 Å². The molecule has 0 aromatic carbocycles. The summed E-state index contributed by atoms with van der Waals surface area (Å²) in [5, 5.41) is 12.0. The predicted molar refractivity (Wildman–Crippen MR) is 76.9 cm³/mol. The van der Waals surface area contributed by atoms with Gasteiger partial charge in [-0.05, 0) is 39.8 Å². The highest BCUT2D eigenvalue weighted by molar-refractivity contribution is 4.95. The summed E-state index contributed by atoms with van der Waals surface area (Å²) in [7, 11) is 2.05. The molecule has 1 aromatic rings. The predicted octanol–water partition coefficient (Wildman–Crippen LogP) is 1.48. The number of nitrogens with zero attached hydrogens (tertiary/aromatic N) is 4. The van der Waals surface area contributed by atoms with Crippen LogP contribution in [-0.4, -0.2) is 44.8 Å². The molecule has 1 aliphatic heterocycles. The molecule has 1 aliphatic rings. The number of likely N-dealkylation sites (tertiary alicyclic amines) is 1. The van der Waals surface area contributed by atoms with Crippen molar-refractivity contribution in [2.45, 2.75) is 58.7 Å². The summed E-state index contributed by atoms with van der Waals surface area (Å²) in [6, 6.07) is 1.16. The van der Waals surface area contributed by atoms with Crippen LogP contribution in [-0.2, 0) is 13.6 Å². The van der Waals surface area contributed by atoms with Gasteiger partial charge in [0.2, 0.25) is 0 Å². The van der Waals surface area contributed by atoms with Crippen molar-refractivity contribution in [3.8, 4) is 0 Å². The van der Waals surface area contributed by atoms with Crippen LogP contribution in [0, 0.1) is 6.92 Å². The van der Waals surface area contributed by atoms with Crippen molar-refractivity contribution < 1.29 is 0 Å². The van der Waals surface area contributed by atoms with E-state index in [2.05, 4.69) is 45.9 Å². The fourth-order valence-electron chi connectivity index (χ4n) is 3.01. The third-order valence-corrected chi connectivity index (χ3v) is 4.29. The van der Waals surface area contributed by atoms with E-state index in [1.807, 2.05) is 6.92 Å². The molecule has 0 amide bonds. The fourth-order valence-corrected chi connectivity index (χ4v) is 3.01. The van der Waals surface area contributed by atoms with Gasteiger partial charge in [-0.25, -0.2) is 0 Å². The van der Waals surface area contributed by atoms with Crippen molar-refractivity contribution in [2.24, 2.45) is 7.05 Å². The van der Waals surface area contributed by atoms with E-state index in [9.17, 15) is 0 Å². The molecule has 1 N–H and O–H groups in total. The maximum atomic E-state index is 4.30. The number of nitrogens with one attached hydrogen (secondary N) is 1. The molecule has 0 bridgehead atoms. The Morgan fingerprint density at radius 3 is 2.79 bits per heavy atom. The highest BCUT2D eigenvalue weighted by atomic mass is 15.3. The van der Waals surface area contributed by atoms with Gasteiger partial charge in [-0.1, -0.05) is 13.3 Å². The van der Waals surface area contributed by atoms with Gasteiger partial charge in [-0.2, -0.15) is 0 Å². The lowest BCUT2D eigenvalue weighted by Crippen LogP contribution is -2.50. The summed E-state index contributed by atoms with van der Waals surface area (Å²) in [6.45, 7) is 9.61. The second kappa shape index (κ2) is 6.48. The SMILES string of the molecule is CCNC(C)C1CCCCN1Cc1nnc(C)n1C. The number of aromatic nitrogens is 3. The molecule has 108 valence electrons. The van der Waals surface area contributed by atoms with Gasteiger partial charge in [0.1, 0.15) is 11.6 Å². The van der Waals surface area contributed by atoms with Gasteiger partial charge in [-0.15, -0.1) is 10.2 Å². The minimum absolute atomic E-state index is 0.541. The minimum Gasteiger partial charge on any atom is -0.317 e. The molecule has 2 rings (SSSR count). The number of likely N-dealkylation sites (N-methyl/N-ethyl adjacent to an activating group) is 1. The Morgan fingerprint density at radius 1 is 1.37 bits per heavy atom. The average Bonchev–Trinajstić information content (AvgIpc) is 2.72. The molecular formula is C14H27N5. The second-order valence-corrected chi connectivity index (χ2v) is 5.60. The van der Waals surface area contributed by atoms with Crippen molar-refractivity contribution in [3.63, 3.8) is 0 Å². The number of rotatable bonds is 5. The zero-order chi connectivity index (χ0) is 13.8. The van der Waals surface area contributed by atoms with E-state index in [1.54, 1.807) is 0 Å². The largest absolute Gasteiger partial charge is 0.317 e. The molecule has 1 aromatic heterocycles. The van der Waals surface area contributed by atoms with E-state index in [0.717, 1.165) is 24.7 Å². The van der Waals surface area contributed by atoms with Gasteiger partial charge in [0.25, 0.3) is 0 Å². The Labute approximate surface area is 116 Å². The van der Waals surface area contributed by atoms with Crippen molar-refractivity contribution >= 4 is 0 Å². The smallest absolute Gasteiger partial charge is 0.146 e. The molecule has 1 saturated heterocycles. The molecule has 1 fully saturated rings. The van der Waals surface area contributed by atoms with Crippen LogP contribution >= 0.6 is 0 Å². The molecule has 0 saturated carbocycles. The number of aryl methyl sites for hydroxylation is 1. The van der Waals surface area contributed by atoms with E-state index in [-0.39, 0.29) is 0 Å². The number of hydrogen-bond acceptors (Lipinski definition) is 4. The topological polar surface area (TPSA) is 46.0 Å². The standard InChI is InChI=1S/C14H27N5/c1-5-15-11(2)13-8-6-7-9-19(13)10-14-17-16-12(3)18(14)4/h11,13,15H,5-10H2,1-4H3. The highest BCUT2D eigenvalue weighted by Gasteiger charge is 2.27. The first-order chi connectivity index (χ1) is 9.13. The van der Waals surface area contributed by atoms with Crippen LogP contribution < -0.4 is 5.32 Å². The van der Waals surface area contributed by atoms with Crippen LogP contribution in [0.3, 0.4) is 0 Å². The molecule has 0 aliphatic carbocycles. The molecule has 2 heterocycles. The van der Waals surface area contributed by atoms with Crippen LogP contribution in [0.1, 0.15) is 44.8 Å². The zero-order valence-electron chi connectivity index (χ0n) is 12.7. The molecule has 2 atom stereocenters. The Bertz CT molecular complexity index is 401. The summed E-state index contributed by atoms with van der Waals surface area (Å²) >= 11 is 0. The third-order valence-electron chi connectivity index (χ3n) is 4.29. The minimum atomic E-state index is 0.541. The van der Waals surface area contributed by atoms with Gasteiger partial charge in [-0.3, -0.25) is 4.90 Å². The van der Waals surface area contributed by atoms with E-state index >= 15 is 0 Å². The van der Waals surface area contributed by atoms with Crippen molar-refractivity contribution in [3.05, 3.63) is 11.6 Å². The highest BCUT2D eigenvalue weighted by Crippen LogP contribution is 2.21. The molecule has 2 unspecified atom stereocenters.